The first kappa shape index (κ1) is 16.5. The highest BCUT2D eigenvalue weighted by Gasteiger charge is 2.44. The summed E-state index contributed by atoms with van der Waals surface area (Å²) in [4.78, 5) is 18.6. The molecule has 0 amide bonds. The highest BCUT2D eigenvalue weighted by atomic mass is 16.5. The third-order valence-electron chi connectivity index (χ3n) is 5.99. The van der Waals surface area contributed by atoms with E-state index in [-0.39, 0.29) is 17.7 Å². The van der Waals surface area contributed by atoms with Crippen LogP contribution in [0.25, 0.3) is 10.9 Å². The van der Waals surface area contributed by atoms with E-state index < -0.39 is 6.10 Å². The maximum atomic E-state index is 11.9. The minimum Gasteiger partial charge on any atom is -0.497 e. The van der Waals surface area contributed by atoms with Crippen molar-refractivity contribution in [1.29, 1.82) is 0 Å². The molecule has 0 aliphatic carbocycles. The second kappa shape index (κ2) is 6.39. The topological polar surface area (TPSA) is 62.7 Å². The Morgan fingerprint density at radius 1 is 1.40 bits per heavy atom. The average Bonchev–Trinajstić information content (AvgIpc) is 2.66. The highest BCUT2D eigenvalue weighted by Crippen LogP contribution is 2.42. The van der Waals surface area contributed by atoms with Gasteiger partial charge < -0.3 is 9.84 Å². The number of pyridine rings is 1. The maximum Gasteiger partial charge on any atom is 0.134 e. The van der Waals surface area contributed by atoms with Gasteiger partial charge in [-0.25, -0.2) is 0 Å². The summed E-state index contributed by atoms with van der Waals surface area (Å²) in [5.74, 6) is 1.56. The minimum absolute atomic E-state index is 0.0613. The van der Waals surface area contributed by atoms with Gasteiger partial charge in [-0.2, -0.15) is 0 Å². The molecule has 5 rings (SSSR count). The molecule has 132 valence electrons. The van der Waals surface area contributed by atoms with Crippen LogP contribution in [0.3, 0.4) is 0 Å². The third kappa shape index (κ3) is 2.81. The van der Waals surface area contributed by atoms with Gasteiger partial charge in [-0.3, -0.25) is 14.7 Å². The van der Waals surface area contributed by atoms with Gasteiger partial charge in [0, 0.05) is 30.1 Å². The number of ketones is 1. The summed E-state index contributed by atoms with van der Waals surface area (Å²) in [7, 11) is 1.64. The number of hydrogen-bond donors (Lipinski definition) is 1. The number of carbonyl (C=O) groups excluding carboxylic acids is 1. The molecule has 0 saturated carbocycles. The Balaban J connectivity index is 1.67. The van der Waals surface area contributed by atoms with Gasteiger partial charge >= 0.3 is 0 Å². The fourth-order valence-corrected chi connectivity index (χ4v) is 4.60. The van der Waals surface area contributed by atoms with Gasteiger partial charge in [0.15, 0.2) is 0 Å². The van der Waals surface area contributed by atoms with Crippen molar-refractivity contribution in [2.75, 3.05) is 20.2 Å². The molecule has 0 radical (unpaired) electrons. The number of methoxy groups -OCH3 is 1. The zero-order chi connectivity index (χ0) is 17.6. The molecule has 3 aliphatic heterocycles. The smallest absolute Gasteiger partial charge is 0.134 e. The summed E-state index contributed by atoms with van der Waals surface area (Å²) < 4.78 is 5.33. The molecular weight excluding hydrogens is 316 g/mol. The van der Waals surface area contributed by atoms with E-state index in [4.69, 9.17) is 4.74 Å². The first-order chi connectivity index (χ1) is 12.1. The van der Waals surface area contributed by atoms with Gasteiger partial charge in [0.1, 0.15) is 11.5 Å². The van der Waals surface area contributed by atoms with E-state index in [1.165, 1.54) is 0 Å². The van der Waals surface area contributed by atoms with Crippen molar-refractivity contribution in [3.63, 3.8) is 0 Å². The molecule has 1 unspecified atom stereocenters. The molecule has 3 saturated heterocycles. The van der Waals surface area contributed by atoms with Crippen molar-refractivity contribution in [2.45, 2.75) is 31.9 Å². The summed E-state index contributed by atoms with van der Waals surface area (Å²) in [6.45, 7) is 3.43. The average molecular weight is 340 g/mol. The second-order valence-electron chi connectivity index (χ2n) is 7.29. The first-order valence-electron chi connectivity index (χ1n) is 8.93. The summed E-state index contributed by atoms with van der Waals surface area (Å²) in [5.41, 5.74) is 1.75. The second-order valence-corrected chi connectivity index (χ2v) is 7.29. The number of rotatable bonds is 4. The Labute approximate surface area is 147 Å². The lowest BCUT2D eigenvalue weighted by Crippen LogP contribution is -2.56. The predicted octanol–water partition coefficient (Wildman–Crippen LogP) is 2.58. The maximum absolute atomic E-state index is 11.9. The number of hydrogen-bond acceptors (Lipinski definition) is 5. The van der Waals surface area contributed by atoms with Gasteiger partial charge in [0.2, 0.25) is 0 Å². The summed E-state index contributed by atoms with van der Waals surface area (Å²) in [5, 5.41) is 12.1. The number of aromatic nitrogens is 1. The Hall–Kier alpha value is -1.98. The van der Waals surface area contributed by atoms with Crippen molar-refractivity contribution in [3.8, 4) is 5.75 Å². The number of piperidine rings is 3. The number of ether oxygens (including phenoxy) is 1. The van der Waals surface area contributed by atoms with Crippen molar-refractivity contribution in [1.82, 2.24) is 9.88 Å². The monoisotopic (exact) mass is 340 g/mol. The molecule has 25 heavy (non-hydrogen) atoms. The van der Waals surface area contributed by atoms with Gasteiger partial charge in [-0.1, -0.05) is 0 Å². The van der Waals surface area contributed by atoms with E-state index in [0.29, 0.717) is 5.92 Å². The zero-order valence-corrected chi connectivity index (χ0v) is 14.7. The number of Topliss-reactive ketones (excluding diaryl/α,β-unsaturated/α-hetero) is 1. The van der Waals surface area contributed by atoms with Crippen LogP contribution in [-0.4, -0.2) is 47.0 Å². The number of aliphatic hydroxyl groups excluding tert-OH is 1. The van der Waals surface area contributed by atoms with Crippen molar-refractivity contribution in [3.05, 3.63) is 36.0 Å². The molecule has 0 spiro atoms. The van der Waals surface area contributed by atoms with Crippen molar-refractivity contribution < 1.29 is 14.6 Å². The van der Waals surface area contributed by atoms with Crippen LogP contribution in [0.2, 0.25) is 0 Å². The SMILES string of the molecule is COc1ccc2nccc([C@@H](O)[C@H]3C[C@@H]4CCN3C[C@@H]4C(C)=O)c2c1. The lowest BCUT2D eigenvalue weighted by Gasteiger charge is -2.50. The molecule has 5 nitrogen and oxygen atoms in total. The molecule has 1 aromatic heterocycles. The fourth-order valence-electron chi connectivity index (χ4n) is 4.60. The summed E-state index contributed by atoms with van der Waals surface area (Å²) >= 11 is 0. The van der Waals surface area contributed by atoms with Gasteiger partial charge in [0.25, 0.3) is 0 Å². The molecule has 5 heteroatoms. The van der Waals surface area contributed by atoms with Crippen LogP contribution in [0, 0.1) is 11.8 Å². The van der Waals surface area contributed by atoms with E-state index >= 15 is 0 Å². The number of aliphatic hydroxyl groups is 1. The highest BCUT2D eigenvalue weighted by molar-refractivity contribution is 5.84. The fraction of sp³-hybridized carbons (Fsp3) is 0.500. The Bertz CT molecular complexity index is 807. The van der Waals surface area contributed by atoms with E-state index in [0.717, 1.165) is 48.1 Å². The third-order valence-corrected chi connectivity index (χ3v) is 5.99. The molecule has 4 heterocycles. The van der Waals surface area contributed by atoms with E-state index in [2.05, 4.69) is 9.88 Å². The zero-order valence-electron chi connectivity index (χ0n) is 14.7. The van der Waals surface area contributed by atoms with Crippen molar-refractivity contribution in [2.24, 2.45) is 11.8 Å². The minimum atomic E-state index is -0.590. The van der Waals surface area contributed by atoms with Crippen LogP contribution in [0.4, 0.5) is 0 Å². The lowest BCUT2D eigenvalue weighted by molar-refractivity contribution is -0.131. The van der Waals surface area contributed by atoms with E-state index in [9.17, 15) is 9.90 Å². The van der Waals surface area contributed by atoms with Gasteiger partial charge in [-0.05, 0) is 62.1 Å². The molecule has 2 bridgehead atoms. The van der Waals surface area contributed by atoms with E-state index in [1.54, 1.807) is 20.2 Å². The predicted molar refractivity (Wildman–Crippen MR) is 95.5 cm³/mol. The van der Waals surface area contributed by atoms with E-state index in [1.807, 2.05) is 24.3 Å². The van der Waals surface area contributed by atoms with Crippen LogP contribution in [0.15, 0.2) is 30.5 Å². The summed E-state index contributed by atoms with van der Waals surface area (Å²) in [6, 6.07) is 7.71. The molecule has 5 atom stereocenters. The Morgan fingerprint density at radius 2 is 2.24 bits per heavy atom. The molecule has 1 aromatic carbocycles. The van der Waals surface area contributed by atoms with Crippen LogP contribution in [-0.2, 0) is 4.79 Å². The number of carbonyl (C=O) groups is 1. The number of nitrogens with zero attached hydrogens (tertiary/aromatic N) is 2. The van der Waals surface area contributed by atoms with Crippen LogP contribution in [0.1, 0.15) is 31.4 Å². The standard InChI is InChI=1S/C20H24N2O3/c1-12(23)17-11-22-8-6-13(17)9-19(22)20(24)15-5-7-21-18-4-3-14(25-2)10-16(15)18/h3-5,7,10,13,17,19-20,24H,6,8-9,11H2,1-2H3/t13-,17+,19+,20+/m0/s1. The molecule has 3 aliphatic rings. The molecule has 3 fully saturated rings. The van der Waals surface area contributed by atoms with Gasteiger partial charge in [0.05, 0.1) is 18.7 Å². The molecule has 2 aromatic rings. The quantitative estimate of drug-likeness (QED) is 0.927. The van der Waals surface area contributed by atoms with Crippen LogP contribution < -0.4 is 4.74 Å². The largest absolute Gasteiger partial charge is 0.497 e. The lowest BCUT2D eigenvalue weighted by atomic mass is 9.72. The number of fused-ring (bicyclic) bond motifs is 4. The van der Waals surface area contributed by atoms with Crippen molar-refractivity contribution >= 4 is 16.7 Å². The Kier molecular flexibility index (Phi) is 4.21. The normalized spacial score (nSPS) is 29.6. The van der Waals surface area contributed by atoms with Crippen LogP contribution >= 0.6 is 0 Å². The van der Waals surface area contributed by atoms with Crippen LogP contribution in [0.5, 0.6) is 5.75 Å². The molecule has 1 N–H and O–H groups in total. The van der Waals surface area contributed by atoms with Gasteiger partial charge in [-0.15, -0.1) is 0 Å². The summed E-state index contributed by atoms with van der Waals surface area (Å²) in [6.07, 6.45) is 3.09. The Morgan fingerprint density at radius 3 is 2.92 bits per heavy atom. The first-order valence-corrected chi connectivity index (χ1v) is 8.93. The molecular formula is C20H24N2O3. The number of benzene rings is 1.